The van der Waals surface area contributed by atoms with E-state index in [1.54, 1.807) is 35.0 Å². The average Bonchev–Trinajstić information content (AvgIpc) is 3.50. The normalized spacial score (nSPS) is 18.4. The molecule has 13 heteroatoms. The number of hydrogen-bond acceptors (Lipinski definition) is 7. The van der Waals surface area contributed by atoms with Crippen molar-refractivity contribution in [2.24, 2.45) is 0 Å². The van der Waals surface area contributed by atoms with Gasteiger partial charge in [-0.05, 0) is 23.8 Å². The number of nitrogens with one attached hydrogen (secondary N) is 1. The second-order valence-electron chi connectivity index (χ2n) is 8.02. The molecule has 4 heterocycles. The Balaban J connectivity index is 1.50. The second kappa shape index (κ2) is 8.47. The number of carbonyl (C=O) groups is 1. The van der Waals surface area contributed by atoms with Crippen LogP contribution in [-0.2, 0) is 11.3 Å². The Morgan fingerprint density at radius 3 is 2.82 bits per heavy atom. The molecule has 178 valence electrons. The van der Waals surface area contributed by atoms with Gasteiger partial charge in [-0.15, -0.1) is 10.2 Å². The molecule has 0 aliphatic carbocycles. The van der Waals surface area contributed by atoms with Crippen molar-refractivity contribution >= 4 is 28.4 Å². The van der Waals surface area contributed by atoms with Crippen molar-refractivity contribution in [3.63, 3.8) is 0 Å². The molecule has 3 aromatic heterocycles. The van der Waals surface area contributed by atoms with E-state index < -0.39 is 25.2 Å². The summed E-state index contributed by atoms with van der Waals surface area (Å²) < 4.78 is 48.4. The van der Waals surface area contributed by atoms with E-state index in [-0.39, 0.29) is 30.8 Å². The fourth-order valence-electron chi connectivity index (χ4n) is 4.15. The number of methoxy groups -OCH3 is 1. The maximum absolute atomic E-state index is 14.4. The van der Waals surface area contributed by atoms with E-state index in [9.17, 15) is 18.0 Å². The molecule has 1 amide bonds. The number of anilines is 1. The molecule has 0 bridgehead atoms. The minimum absolute atomic E-state index is 0.0134. The number of carbonyl (C=O) groups excluding carboxylic acids is 1. The second-order valence-corrected chi connectivity index (χ2v) is 8.02. The SMILES string of the molecule is COc1nc(N[C@H]2CN(C(C)=O)C[C@H]2F)nn2ccc(-c3ccc4nnn(CC(F)F)c4c3)c12. The first kappa shape index (κ1) is 21.9. The maximum atomic E-state index is 14.4. The summed E-state index contributed by atoms with van der Waals surface area (Å²) in [7, 11) is 1.46. The number of aromatic nitrogens is 6. The molecule has 1 N–H and O–H groups in total. The lowest BCUT2D eigenvalue weighted by atomic mass is 10.1. The predicted molar refractivity (Wildman–Crippen MR) is 117 cm³/mol. The first-order chi connectivity index (χ1) is 16.3. The molecule has 0 unspecified atom stereocenters. The molecule has 1 saturated heterocycles. The molecule has 34 heavy (non-hydrogen) atoms. The molecular weight excluding hydrogens is 453 g/mol. The van der Waals surface area contributed by atoms with Gasteiger partial charge in [0.25, 0.3) is 6.43 Å². The third kappa shape index (κ3) is 3.86. The highest BCUT2D eigenvalue weighted by molar-refractivity contribution is 5.89. The van der Waals surface area contributed by atoms with E-state index in [1.807, 2.05) is 0 Å². The van der Waals surface area contributed by atoms with Gasteiger partial charge in [-0.3, -0.25) is 4.79 Å². The zero-order valence-corrected chi connectivity index (χ0v) is 18.3. The molecule has 0 radical (unpaired) electrons. The number of halogens is 3. The van der Waals surface area contributed by atoms with Gasteiger partial charge in [0.05, 0.1) is 25.2 Å². The number of alkyl halides is 3. The summed E-state index contributed by atoms with van der Waals surface area (Å²) in [5.74, 6) is 0.200. The summed E-state index contributed by atoms with van der Waals surface area (Å²) >= 11 is 0. The number of likely N-dealkylation sites (tertiary alicyclic amines) is 1. The highest BCUT2D eigenvalue weighted by atomic mass is 19.3. The largest absolute Gasteiger partial charge is 0.479 e. The van der Waals surface area contributed by atoms with Crippen LogP contribution in [0.25, 0.3) is 27.7 Å². The number of nitrogens with zero attached hydrogens (tertiary/aromatic N) is 7. The molecule has 10 nitrogen and oxygen atoms in total. The van der Waals surface area contributed by atoms with Crippen molar-refractivity contribution in [2.75, 3.05) is 25.5 Å². The van der Waals surface area contributed by atoms with Gasteiger partial charge in [0, 0.05) is 25.2 Å². The van der Waals surface area contributed by atoms with E-state index in [2.05, 4.69) is 25.7 Å². The first-order valence-corrected chi connectivity index (χ1v) is 10.6. The van der Waals surface area contributed by atoms with Crippen LogP contribution in [0.3, 0.4) is 0 Å². The monoisotopic (exact) mass is 474 g/mol. The Kier molecular flexibility index (Phi) is 5.46. The highest BCUT2D eigenvalue weighted by Gasteiger charge is 2.35. The van der Waals surface area contributed by atoms with E-state index in [4.69, 9.17) is 4.74 Å². The van der Waals surface area contributed by atoms with E-state index in [0.29, 0.717) is 27.7 Å². The zero-order valence-electron chi connectivity index (χ0n) is 18.3. The predicted octanol–water partition coefficient (Wildman–Crippen LogP) is 2.40. The number of amides is 1. The molecule has 4 aromatic rings. The fourth-order valence-corrected chi connectivity index (χ4v) is 4.15. The lowest BCUT2D eigenvalue weighted by Gasteiger charge is -2.16. The van der Waals surface area contributed by atoms with Crippen LogP contribution in [0.2, 0.25) is 0 Å². The smallest absolute Gasteiger partial charge is 0.258 e. The molecule has 1 fully saturated rings. The van der Waals surface area contributed by atoms with E-state index >= 15 is 0 Å². The molecular formula is C21H21F3N8O2. The average molecular weight is 474 g/mol. The van der Waals surface area contributed by atoms with Crippen molar-refractivity contribution < 1.29 is 22.7 Å². The van der Waals surface area contributed by atoms with Gasteiger partial charge in [0.15, 0.2) is 0 Å². The van der Waals surface area contributed by atoms with Crippen LogP contribution in [0.1, 0.15) is 6.92 Å². The topological polar surface area (TPSA) is 102 Å². The van der Waals surface area contributed by atoms with Gasteiger partial charge < -0.3 is 15.0 Å². The molecule has 5 rings (SSSR count). The Hall–Kier alpha value is -3.90. The summed E-state index contributed by atoms with van der Waals surface area (Å²) in [6.45, 7) is 1.06. The molecule has 0 saturated carbocycles. The summed E-state index contributed by atoms with van der Waals surface area (Å²) in [5, 5.41) is 15.1. The van der Waals surface area contributed by atoms with Crippen LogP contribution in [0.5, 0.6) is 5.88 Å². The minimum atomic E-state index is -2.56. The van der Waals surface area contributed by atoms with Crippen LogP contribution in [0.4, 0.5) is 19.1 Å². The number of benzene rings is 1. The lowest BCUT2D eigenvalue weighted by molar-refractivity contribution is -0.128. The van der Waals surface area contributed by atoms with Crippen molar-refractivity contribution in [3.05, 3.63) is 30.5 Å². The molecule has 0 spiro atoms. The van der Waals surface area contributed by atoms with Gasteiger partial charge in [-0.25, -0.2) is 22.4 Å². The van der Waals surface area contributed by atoms with Crippen molar-refractivity contribution in [3.8, 4) is 17.0 Å². The van der Waals surface area contributed by atoms with E-state index in [1.165, 1.54) is 18.9 Å². The van der Waals surface area contributed by atoms with Crippen LogP contribution >= 0.6 is 0 Å². The Labute approximate surface area is 191 Å². The van der Waals surface area contributed by atoms with Crippen LogP contribution in [0.15, 0.2) is 30.5 Å². The van der Waals surface area contributed by atoms with Crippen molar-refractivity contribution in [2.45, 2.75) is 32.1 Å². The third-order valence-electron chi connectivity index (χ3n) is 5.82. The maximum Gasteiger partial charge on any atom is 0.258 e. The number of hydrogen-bond donors (Lipinski definition) is 1. The Morgan fingerprint density at radius 1 is 1.29 bits per heavy atom. The first-order valence-electron chi connectivity index (χ1n) is 10.6. The van der Waals surface area contributed by atoms with Gasteiger partial charge in [-0.2, -0.15) is 4.98 Å². The molecule has 1 aliphatic rings. The summed E-state index contributed by atoms with van der Waals surface area (Å²) in [6.07, 6.45) is -2.12. The van der Waals surface area contributed by atoms with Gasteiger partial charge in [0.2, 0.25) is 17.7 Å². The van der Waals surface area contributed by atoms with Gasteiger partial charge in [0.1, 0.15) is 23.7 Å². The molecule has 1 aliphatic heterocycles. The van der Waals surface area contributed by atoms with Crippen LogP contribution in [-0.4, -0.2) is 79.2 Å². The summed E-state index contributed by atoms with van der Waals surface area (Å²) in [5.41, 5.74) is 2.95. The number of ether oxygens (including phenoxy) is 1. The minimum Gasteiger partial charge on any atom is -0.479 e. The van der Waals surface area contributed by atoms with Crippen LogP contribution in [0, 0.1) is 0 Å². The standard InChI is InChI=1S/C21H21F3N8O2/c1-11(33)30-8-14(22)16(9-30)25-21-26-20(34-2)19-13(5-6-31(19)28-21)12-3-4-15-17(7-12)32(29-27-15)10-18(23)24/h3-7,14,16,18H,8-10H2,1-2H3,(H,25,28)/t14-,16+/m1/s1. The van der Waals surface area contributed by atoms with E-state index in [0.717, 1.165) is 4.68 Å². The zero-order chi connectivity index (χ0) is 24.0. The van der Waals surface area contributed by atoms with Crippen molar-refractivity contribution in [1.29, 1.82) is 0 Å². The number of rotatable bonds is 6. The van der Waals surface area contributed by atoms with Gasteiger partial charge in [-0.1, -0.05) is 11.3 Å². The Bertz CT molecular complexity index is 1370. The third-order valence-corrected chi connectivity index (χ3v) is 5.82. The fraction of sp³-hybridized carbons (Fsp3) is 0.381. The molecule has 1 aromatic carbocycles. The summed E-state index contributed by atoms with van der Waals surface area (Å²) in [6, 6.07) is 6.37. The van der Waals surface area contributed by atoms with Crippen molar-refractivity contribution in [1.82, 2.24) is 34.5 Å². The molecule has 2 atom stereocenters. The number of fused-ring (bicyclic) bond motifs is 2. The Morgan fingerprint density at radius 2 is 2.12 bits per heavy atom. The van der Waals surface area contributed by atoms with Crippen LogP contribution < -0.4 is 10.1 Å². The highest BCUT2D eigenvalue weighted by Crippen LogP contribution is 2.33. The van der Waals surface area contributed by atoms with Gasteiger partial charge >= 0.3 is 0 Å². The quantitative estimate of drug-likeness (QED) is 0.458. The summed E-state index contributed by atoms with van der Waals surface area (Å²) in [4.78, 5) is 17.4. The lowest BCUT2D eigenvalue weighted by Crippen LogP contribution is -2.32.